The molecule has 0 spiro atoms. The molecule has 0 fully saturated rings. The van der Waals surface area contributed by atoms with E-state index in [1.165, 1.54) is 6.07 Å². The maximum Gasteiger partial charge on any atom is 0.137 e. The van der Waals surface area contributed by atoms with Gasteiger partial charge in [0.05, 0.1) is 23.0 Å². The van der Waals surface area contributed by atoms with Crippen molar-refractivity contribution in [1.82, 2.24) is 0 Å². The van der Waals surface area contributed by atoms with Crippen LogP contribution in [0.5, 0.6) is 0 Å². The van der Waals surface area contributed by atoms with Crippen molar-refractivity contribution in [3.8, 4) is 0 Å². The normalized spacial score (nSPS) is 12.7. The van der Waals surface area contributed by atoms with Crippen molar-refractivity contribution in [2.75, 3.05) is 0 Å². The van der Waals surface area contributed by atoms with Crippen molar-refractivity contribution in [3.05, 3.63) is 58.2 Å². The first kappa shape index (κ1) is 10.4. The first-order valence-corrected chi connectivity index (χ1v) is 5.20. The molecule has 0 bridgehead atoms. The van der Waals surface area contributed by atoms with Crippen molar-refractivity contribution < 1.29 is 8.81 Å². The fraction of sp³-hybridized carbons (Fsp3) is 0.0909. The lowest BCUT2D eigenvalue weighted by molar-refractivity contribution is 0.561. The smallest absolute Gasteiger partial charge is 0.137 e. The number of hydrogen-bond acceptors (Lipinski definition) is 2. The lowest BCUT2D eigenvalue weighted by Crippen LogP contribution is -2.11. The second-order valence-corrected chi connectivity index (χ2v) is 4.06. The van der Waals surface area contributed by atoms with Crippen molar-refractivity contribution >= 4 is 15.9 Å². The van der Waals surface area contributed by atoms with Gasteiger partial charge in [0.15, 0.2) is 0 Å². The summed E-state index contributed by atoms with van der Waals surface area (Å²) in [6, 6.07) is 6.26. The van der Waals surface area contributed by atoms with E-state index >= 15 is 0 Å². The molecule has 0 amide bonds. The summed E-state index contributed by atoms with van der Waals surface area (Å²) in [5.41, 5.74) is 7.49. The van der Waals surface area contributed by atoms with Gasteiger partial charge in [0.1, 0.15) is 5.82 Å². The van der Waals surface area contributed by atoms with Gasteiger partial charge in [-0.15, -0.1) is 0 Å². The van der Waals surface area contributed by atoms with Gasteiger partial charge >= 0.3 is 0 Å². The molecule has 1 heterocycles. The van der Waals surface area contributed by atoms with E-state index in [1.807, 2.05) is 0 Å². The van der Waals surface area contributed by atoms with Crippen LogP contribution in [0.15, 0.2) is 45.7 Å². The number of nitrogens with two attached hydrogens (primary N) is 1. The standard InChI is InChI=1S/C11H9BrFNO/c12-9-2-1-7(5-10(9)13)11(14)8-3-4-15-6-8/h1-6,11H,14H2. The lowest BCUT2D eigenvalue weighted by atomic mass is 10.0. The van der Waals surface area contributed by atoms with Crippen LogP contribution < -0.4 is 5.73 Å². The molecule has 4 heteroatoms. The molecular formula is C11H9BrFNO. The summed E-state index contributed by atoms with van der Waals surface area (Å²) in [7, 11) is 0. The lowest BCUT2D eigenvalue weighted by Gasteiger charge is -2.10. The number of furan rings is 1. The van der Waals surface area contributed by atoms with E-state index in [1.54, 1.807) is 30.7 Å². The predicted octanol–water partition coefficient (Wildman–Crippen LogP) is 3.23. The minimum atomic E-state index is -0.355. The van der Waals surface area contributed by atoms with Gasteiger partial charge in [0, 0.05) is 5.56 Å². The highest BCUT2D eigenvalue weighted by atomic mass is 79.9. The van der Waals surface area contributed by atoms with Crippen LogP contribution in [0.3, 0.4) is 0 Å². The van der Waals surface area contributed by atoms with E-state index in [9.17, 15) is 4.39 Å². The monoisotopic (exact) mass is 269 g/mol. The van der Waals surface area contributed by atoms with Gasteiger partial charge in [-0.25, -0.2) is 4.39 Å². The topological polar surface area (TPSA) is 39.2 Å². The molecule has 2 N–H and O–H groups in total. The fourth-order valence-corrected chi connectivity index (χ4v) is 1.60. The molecular weight excluding hydrogens is 261 g/mol. The van der Waals surface area contributed by atoms with Gasteiger partial charge in [0.25, 0.3) is 0 Å². The van der Waals surface area contributed by atoms with Crippen molar-refractivity contribution in [2.45, 2.75) is 6.04 Å². The summed E-state index contributed by atoms with van der Waals surface area (Å²) >= 11 is 3.09. The summed E-state index contributed by atoms with van der Waals surface area (Å²) in [5, 5.41) is 0. The molecule has 2 aromatic rings. The molecule has 1 unspecified atom stereocenters. The molecule has 0 aliphatic rings. The van der Waals surface area contributed by atoms with E-state index in [0.717, 1.165) is 11.1 Å². The van der Waals surface area contributed by atoms with Crippen LogP contribution in [0, 0.1) is 5.82 Å². The molecule has 2 nitrogen and oxygen atoms in total. The minimum absolute atomic E-state index is 0.313. The predicted molar refractivity (Wildman–Crippen MR) is 58.8 cm³/mol. The summed E-state index contributed by atoms with van der Waals surface area (Å²) in [5.74, 6) is -0.313. The quantitative estimate of drug-likeness (QED) is 0.909. The van der Waals surface area contributed by atoms with Crippen LogP contribution in [0.4, 0.5) is 4.39 Å². The first-order valence-electron chi connectivity index (χ1n) is 4.41. The van der Waals surface area contributed by atoms with Crippen LogP contribution in [0.1, 0.15) is 17.2 Å². The molecule has 0 saturated heterocycles. The van der Waals surface area contributed by atoms with Gasteiger partial charge in [-0.05, 0) is 39.7 Å². The summed E-state index contributed by atoms with van der Waals surface area (Å²) < 4.78 is 18.6. The zero-order chi connectivity index (χ0) is 10.8. The number of halogens is 2. The maximum atomic E-state index is 13.3. The Labute approximate surface area is 95.0 Å². The molecule has 0 aliphatic carbocycles. The molecule has 1 aromatic carbocycles. The Bertz CT molecular complexity index is 456. The Morgan fingerprint density at radius 2 is 2.07 bits per heavy atom. The van der Waals surface area contributed by atoms with E-state index in [2.05, 4.69) is 15.9 Å². The average Bonchev–Trinajstić information content (AvgIpc) is 2.74. The average molecular weight is 270 g/mol. The number of hydrogen-bond donors (Lipinski definition) is 1. The highest BCUT2D eigenvalue weighted by Crippen LogP contribution is 2.23. The van der Waals surface area contributed by atoms with Gasteiger partial charge in [-0.2, -0.15) is 0 Å². The largest absolute Gasteiger partial charge is 0.472 e. The van der Waals surface area contributed by atoms with Crippen LogP contribution in [0.25, 0.3) is 0 Å². The summed E-state index contributed by atoms with van der Waals surface area (Å²) in [6.07, 6.45) is 3.11. The number of rotatable bonds is 2. The Hall–Kier alpha value is -1.13. The molecule has 0 radical (unpaired) electrons. The van der Waals surface area contributed by atoms with Gasteiger partial charge in [-0.3, -0.25) is 0 Å². The highest BCUT2D eigenvalue weighted by Gasteiger charge is 2.11. The molecule has 78 valence electrons. The van der Waals surface area contributed by atoms with Crippen LogP contribution >= 0.6 is 15.9 Å². The first-order chi connectivity index (χ1) is 7.18. The minimum Gasteiger partial charge on any atom is -0.472 e. The maximum absolute atomic E-state index is 13.3. The molecule has 0 aliphatic heterocycles. The summed E-state index contributed by atoms with van der Waals surface area (Å²) in [6.45, 7) is 0. The number of benzene rings is 1. The van der Waals surface area contributed by atoms with Crippen LogP contribution in [0.2, 0.25) is 0 Å². The molecule has 1 atom stereocenters. The highest BCUT2D eigenvalue weighted by molar-refractivity contribution is 9.10. The Balaban J connectivity index is 2.34. The third-order valence-electron chi connectivity index (χ3n) is 2.21. The third-order valence-corrected chi connectivity index (χ3v) is 2.85. The van der Waals surface area contributed by atoms with Crippen LogP contribution in [-0.4, -0.2) is 0 Å². The van der Waals surface area contributed by atoms with E-state index < -0.39 is 0 Å². The van der Waals surface area contributed by atoms with Gasteiger partial charge in [-0.1, -0.05) is 6.07 Å². The Morgan fingerprint density at radius 1 is 1.27 bits per heavy atom. The van der Waals surface area contributed by atoms with Crippen LogP contribution in [-0.2, 0) is 0 Å². The van der Waals surface area contributed by atoms with Crippen molar-refractivity contribution in [1.29, 1.82) is 0 Å². The second kappa shape index (κ2) is 4.16. The Kier molecular flexibility index (Phi) is 2.88. The zero-order valence-corrected chi connectivity index (χ0v) is 9.37. The molecule has 2 rings (SSSR count). The fourth-order valence-electron chi connectivity index (χ4n) is 1.35. The zero-order valence-electron chi connectivity index (χ0n) is 7.78. The third kappa shape index (κ3) is 2.11. The molecule has 0 saturated carbocycles. The van der Waals surface area contributed by atoms with Gasteiger partial charge in [0.2, 0.25) is 0 Å². The second-order valence-electron chi connectivity index (χ2n) is 3.21. The van der Waals surface area contributed by atoms with E-state index in [0.29, 0.717) is 4.47 Å². The van der Waals surface area contributed by atoms with Gasteiger partial charge < -0.3 is 10.2 Å². The molecule has 15 heavy (non-hydrogen) atoms. The Morgan fingerprint density at radius 3 is 2.67 bits per heavy atom. The van der Waals surface area contributed by atoms with Crippen molar-refractivity contribution in [3.63, 3.8) is 0 Å². The van der Waals surface area contributed by atoms with E-state index in [-0.39, 0.29) is 11.9 Å². The summed E-state index contributed by atoms with van der Waals surface area (Å²) in [4.78, 5) is 0. The van der Waals surface area contributed by atoms with Crippen molar-refractivity contribution in [2.24, 2.45) is 5.73 Å². The molecule has 1 aromatic heterocycles. The van der Waals surface area contributed by atoms with E-state index in [4.69, 9.17) is 10.2 Å². The SMILES string of the molecule is NC(c1ccoc1)c1ccc(Br)c(F)c1.